The Kier molecular flexibility index (Phi) is 48.7. The Hall–Kier alpha value is -4.74. The summed E-state index contributed by atoms with van der Waals surface area (Å²) in [7, 11) is 0. The number of unbranched alkanes of at least 4 members (excludes halogenated alkanes) is 6. The van der Waals surface area contributed by atoms with Crippen molar-refractivity contribution in [2.45, 2.75) is 174 Å². The van der Waals surface area contributed by atoms with Crippen molar-refractivity contribution in [3.8, 4) is 0 Å². The Balaban J connectivity index is 3.75. The predicted molar refractivity (Wildman–Crippen MR) is 278 cm³/mol. The number of aliphatic hydroxyl groups is 1. The predicted octanol–water partition coefficient (Wildman–Crippen LogP) is 16.6. The molecule has 0 saturated carbocycles. The minimum atomic E-state index is -0.819. The van der Waals surface area contributed by atoms with Gasteiger partial charge in [-0.3, -0.25) is 9.59 Å². The molecule has 0 spiro atoms. The van der Waals surface area contributed by atoms with E-state index in [9.17, 15) is 14.7 Å². The SMILES string of the molecule is CC/C=C\C/C=C\C/C=C\C/C=C\C/C=C\C/C=C\C/C=C\C/C=C\C/C=C\CCCCCC(=O)OC(CO)COC(=O)CCCCC/C=C\C/C=C\C/C=C\C/C=C\C/C=C\CC. The number of carbonyl (C=O) groups excluding carboxylic acids is 2. The van der Waals surface area contributed by atoms with Gasteiger partial charge in [0.1, 0.15) is 6.61 Å². The maximum atomic E-state index is 12.3. The zero-order valence-corrected chi connectivity index (χ0v) is 40.2. The van der Waals surface area contributed by atoms with Gasteiger partial charge in [-0.25, -0.2) is 0 Å². The van der Waals surface area contributed by atoms with Crippen LogP contribution in [0.2, 0.25) is 0 Å². The van der Waals surface area contributed by atoms with Crippen LogP contribution in [-0.2, 0) is 19.1 Å². The van der Waals surface area contributed by atoms with Gasteiger partial charge < -0.3 is 14.6 Å². The Morgan fingerprint density at radius 2 is 0.625 bits per heavy atom. The topological polar surface area (TPSA) is 72.8 Å². The van der Waals surface area contributed by atoms with Gasteiger partial charge in [-0.15, -0.1) is 0 Å². The molecular weight excluding hydrogens is 789 g/mol. The molecule has 354 valence electrons. The van der Waals surface area contributed by atoms with Gasteiger partial charge in [0.15, 0.2) is 6.10 Å². The summed E-state index contributed by atoms with van der Waals surface area (Å²) in [6, 6.07) is 0. The van der Waals surface area contributed by atoms with Crippen LogP contribution in [0.4, 0.5) is 0 Å². The summed E-state index contributed by atoms with van der Waals surface area (Å²) in [5, 5.41) is 9.61. The summed E-state index contributed by atoms with van der Waals surface area (Å²) in [5.74, 6) is -0.685. The van der Waals surface area contributed by atoms with E-state index in [0.717, 1.165) is 141 Å². The summed E-state index contributed by atoms with van der Waals surface area (Å²) in [4.78, 5) is 24.4. The van der Waals surface area contributed by atoms with Gasteiger partial charge in [0.2, 0.25) is 0 Å². The molecule has 0 aromatic carbocycles. The van der Waals surface area contributed by atoms with E-state index in [1.54, 1.807) is 0 Å². The molecule has 0 aromatic rings. The quantitative estimate of drug-likeness (QED) is 0.0376. The summed E-state index contributed by atoms with van der Waals surface area (Å²) >= 11 is 0. The third kappa shape index (κ3) is 49.9. The third-order valence-corrected chi connectivity index (χ3v) is 9.51. The molecule has 0 aliphatic carbocycles. The van der Waals surface area contributed by atoms with Crippen molar-refractivity contribution in [2.75, 3.05) is 13.2 Å². The number of hydrogen-bond donors (Lipinski definition) is 1. The van der Waals surface area contributed by atoms with Gasteiger partial charge in [-0.2, -0.15) is 0 Å². The summed E-state index contributed by atoms with van der Waals surface area (Å²) in [6.07, 6.45) is 82.9. The molecule has 0 fully saturated rings. The Bertz CT molecular complexity index is 1500. The highest BCUT2D eigenvalue weighted by Crippen LogP contribution is 2.09. The van der Waals surface area contributed by atoms with Crippen LogP contribution in [-0.4, -0.2) is 36.4 Å². The Labute approximate surface area is 392 Å². The number of carbonyl (C=O) groups is 2. The van der Waals surface area contributed by atoms with Crippen molar-refractivity contribution in [2.24, 2.45) is 0 Å². The molecule has 0 aliphatic heterocycles. The molecule has 1 N–H and O–H groups in total. The molecule has 0 rings (SSSR count). The number of ether oxygens (including phenoxy) is 2. The monoisotopic (exact) mass is 877 g/mol. The molecule has 0 aromatic heterocycles. The Morgan fingerprint density at radius 1 is 0.359 bits per heavy atom. The third-order valence-electron chi connectivity index (χ3n) is 9.51. The number of aliphatic hydroxyl groups excluding tert-OH is 1. The second kappa shape index (κ2) is 52.6. The molecule has 0 bridgehead atoms. The van der Waals surface area contributed by atoms with Crippen molar-refractivity contribution < 1.29 is 24.2 Å². The number of rotatable bonds is 42. The van der Waals surface area contributed by atoms with Crippen LogP contribution in [0.1, 0.15) is 168 Å². The molecule has 1 unspecified atom stereocenters. The highest BCUT2D eigenvalue weighted by atomic mass is 16.6. The van der Waals surface area contributed by atoms with E-state index in [0.29, 0.717) is 12.8 Å². The molecule has 64 heavy (non-hydrogen) atoms. The lowest BCUT2D eigenvalue weighted by Gasteiger charge is -2.15. The van der Waals surface area contributed by atoms with E-state index in [1.807, 2.05) is 0 Å². The molecule has 0 saturated heterocycles. The van der Waals surface area contributed by atoms with Crippen molar-refractivity contribution >= 4 is 11.9 Å². The molecule has 0 heterocycles. The standard InChI is InChI=1S/C59H88O5/c1-3-5-7-9-11-13-15-17-19-21-23-24-25-26-27-28-29-30-31-32-33-34-36-38-40-42-44-46-48-50-52-54-59(62)64-57(55-60)56-63-58(61)53-51-49-47-45-43-41-39-37-35-22-20-18-16-14-12-10-8-6-4-2/h5-8,11-14,17-20,23-24,26-27,29-30,32-33,35-38,41-44,57,60H,3-4,9-10,15-16,21-22,25,28,31,34,39-40,45-56H2,1-2H3/b7-5-,8-6-,13-11-,14-12-,19-17-,20-18-,24-23-,27-26-,30-29-,33-32-,37-35-,38-36-,43-41-,44-42-. The van der Waals surface area contributed by atoms with Crippen molar-refractivity contribution in [3.63, 3.8) is 0 Å². The minimum absolute atomic E-state index is 0.110. The van der Waals surface area contributed by atoms with Crippen LogP contribution in [0.25, 0.3) is 0 Å². The van der Waals surface area contributed by atoms with E-state index in [2.05, 4.69) is 184 Å². The zero-order chi connectivity index (χ0) is 46.3. The van der Waals surface area contributed by atoms with E-state index in [4.69, 9.17) is 9.47 Å². The first-order valence-electron chi connectivity index (χ1n) is 24.7. The van der Waals surface area contributed by atoms with E-state index in [1.165, 1.54) is 0 Å². The number of esters is 2. The van der Waals surface area contributed by atoms with Gasteiger partial charge in [-0.05, 0) is 128 Å². The van der Waals surface area contributed by atoms with Gasteiger partial charge >= 0.3 is 11.9 Å². The molecule has 0 amide bonds. The Morgan fingerprint density at radius 3 is 0.906 bits per heavy atom. The average Bonchev–Trinajstić information content (AvgIpc) is 3.30. The van der Waals surface area contributed by atoms with Gasteiger partial charge in [0, 0.05) is 12.8 Å². The fraction of sp³-hybridized carbons (Fsp3) is 0.492. The second-order valence-corrected chi connectivity index (χ2v) is 15.4. The highest BCUT2D eigenvalue weighted by molar-refractivity contribution is 5.70. The van der Waals surface area contributed by atoms with Crippen LogP contribution in [0, 0.1) is 0 Å². The first kappa shape index (κ1) is 59.3. The van der Waals surface area contributed by atoms with Crippen LogP contribution < -0.4 is 0 Å². The lowest BCUT2D eigenvalue weighted by atomic mass is 10.1. The van der Waals surface area contributed by atoms with Crippen LogP contribution in [0.15, 0.2) is 170 Å². The number of hydrogen-bond acceptors (Lipinski definition) is 5. The highest BCUT2D eigenvalue weighted by Gasteiger charge is 2.16. The maximum absolute atomic E-state index is 12.3. The lowest BCUT2D eigenvalue weighted by Crippen LogP contribution is -2.28. The van der Waals surface area contributed by atoms with Crippen LogP contribution in [0.5, 0.6) is 0 Å². The van der Waals surface area contributed by atoms with Gasteiger partial charge in [0.25, 0.3) is 0 Å². The average molecular weight is 877 g/mol. The van der Waals surface area contributed by atoms with E-state index < -0.39 is 6.10 Å². The van der Waals surface area contributed by atoms with E-state index in [-0.39, 0.29) is 25.2 Å². The molecule has 0 aliphatic rings. The normalized spacial score (nSPS) is 13.7. The minimum Gasteiger partial charge on any atom is -0.462 e. The fourth-order valence-corrected chi connectivity index (χ4v) is 5.86. The molecule has 5 nitrogen and oxygen atoms in total. The van der Waals surface area contributed by atoms with Crippen molar-refractivity contribution in [1.82, 2.24) is 0 Å². The fourth-order valence-electron chi connectivity index (χ4n) is 5.86. The number of allylic oxidation sites excluding steroid dienone is 28. The van der Waals surface area contributed by atoms with Crippen LogP contribution >= 0.6 is 0 Å². The second-order valence-electron chi connectivity index (χ2n) is 15.4. The summed E-state index contributed by atoms with van der Waals surface area (Å²) in [5.41, 5.74) is 0. The van der Waals surface area contributed by atoms with Crippen LogP contribution in [0.3, 0.4) is 0 Å². The van der Waals surface area contributed by atoms with Gasteiger partial charge in [0.05, 0.1) is 6.61 Å². The maximum Gasteiger partial charge on any atom is 0.306 e. The smallest absolute Gasteiger partial charge is 0.306 e. The molecule has 5 heteroatoms. The largest absolute Gasteiger partial charge is 0.462 e. The lowest BCUT2D eigenvalue weighted by molar-refractivity contribution is -0.161. The summed E-state index contributed by atoms with van der Waals surface area (Å²) < 4.78 is 10.6. The first-order chi connectivity index (χ1) is 31.6. The van der Waals surface area contributed by atoms with Crippen molar-refractivity contribution in [1.29, 1.82) is 0 Å². The van der Waals surface area contributed by atoms with Gasteiger partial charge in [-0.1, -0.05) is 197 Å². The molecular formula is C59H88O5. The zero-order valence-electron chi connectivity index (χ0n) is 40.2. The molecule has 1 atom stereocenters. The first-order valence-corrected chi connectivity index (χ1v) is 24.7. The van der Waals surface area contributed by atoms with E-state index >= 15 is 0 Å². The summed E-state index contributed by atoms with van der Waals surface area (Å²) in [6.45, 7) is 3.83. The van der Waals surface area contributed by atoms with Crippen molar-refractivity contribution in [3.05, 3.63) is 170 Å². The molecule has 0 radical (unpaired) electrons.